The Hall–Kier alpha value is -3.34. The highest BCUT2D eigenvalue weighted by Crippen LogP contribution is 2.41. The van der Waals surface area contributed by atoms with Gasteiger partial charge >= 0.3 is 0 Å². The zero-order chi connectivity index (χ0) is 22.8. The summed E-state index contributed by atoms with van der Waals surface area (Å²) in [6, 6.07) is 9.35. The SMILES string of the molecule is C[C@H](NC(=O)CC#N)c1cc(C2CCC(c3nc4ccc(OCC5CC5)cc4o3)CC2)no1. The number of hydrogen-bond acceptors (Lipinski definition) is 7. The molecular formula is C25H28N4O4. The van der Waals surface area contributed by atoms with Crippen LogP contribution in [0.3, 0.4) is 0 Å². The number of carbonyl (C=O) groups excluding carboxylic acids is 1. The van der Waals surface area contributed by atoms with E-state index in [9.17, 15) is 4.79 Å². The molecule has 2 aliphatic carbocycles. The zero-order valence-electron chi connectivity index (χ0n) is 18.8. The van der Waals surface area contributed by atoms with E-state index in [1.54, 1.807) is 0 Å². The minimum absolute atomic E-state index is 0.167. The number of aromatic nitrogens is 2. The lowest BCUT2D eigenvalue weighted by atomic mass is 9.80. The molecule has 33 heavy (non-hydrogen) atoms. The molecule has 172 valence electrons. The number of rotatable bonds is 8. The summed E-state index contributed by atoms with van der Waals surface area (Å²) >= 11 is 0. The number of nitriles is 1. The Morgan fingerprint density at radius 2 is 2.00 bits per heavy atom. The molecule has 1 N–H and O–H groups in total. The third kappa shape index (κ3) is 5.03. The van der Waals surface area contributed by atoms with E-state index in [2.05, 4.69) is 10.5 Å². The number of benzene rings is 1. The topological polar surface area (TPSA) is 114 Å². The Kier molecular flexibility index (Phi) is 6.03. The van der Waals surface area contributed by atoms with E-state index >= 15 is 0 Å². The molecule has 0 saturated heterocycles. The molecule has 0 radical (unpaired) electrons. The van der Waals surface area contributed by atoms with E-state index in [0.29, 0.717) is 23.5 Å². The van der Waals surface area contributed by atoms with Crippen LogP contribution in [0.25, 0.3) is 11.1 Å². The van der Waals surface area contributed by atoms with Gasteiger partial charge in [0.05, 0.1) is 24.4 Å². The first-order valence-corrected chi connectivity index (χ1v) is 11.7. The number of nitrogens with one attached hydrogen (secondary N) is 1. The van der Waals surface area contributed by atoms with Crippen molar-refractivity contribution in [3.63, 3.8) is 0 Å². The summed E-state index contributed by atoms with van der Waals surface area (Å²) in [5, 5.41) is 15.6. The Morgan fingerprint density at radius 1 is 1.21 bits per heavy atom. The Bertz CT molecular complexity index is 1160. The normalized spacial score (nSPS) is 21.5. The maximum absolute atomic E-state index is 11.6. The van der Waals surface area contributed by atoms with Crippen LogP contribution in [0, 0.1) is 17.2 Å². The lowest BCUT2D eigenvalue weighted by Crippen LogP contribution is -2.25. The fourth-order valence-electron chi connectivity index (χ4n) is 4.46. The van der Waals surface area contributed by atoms with Gasteiger partial charge in [-0.2, -0.15) is 5.26 Å². The molecule has 0 unspecified atom stereocenters. The lowest BCUT2D eigenvalue weighted by Gasteiger charge is -2.25. The second-order valence-electron chi connectivity index (χ2n) is 9.26. The summed E-state index contributed by atoms with van der Waals surface area (Å²) in [5.41, 5.74) is 2.58. The van der Waals surface area contributed by atoms with Crippen molar-refractivity contribution in [1.29, 1.82) is 5.26 Å². The van der Waals surface area contributed by atoms with Crippen LogP contribution in [0.15, 0.2) is 33.2 Å². The van der Waals surface area contributed by atoms with Gasteiger partial charge in [-0.05, 0) is 63.5 Å². The number of carbonyl (C=O) groups is 1. The number of amides is 1. The van der Waals surface area contributed by atoms with E-state index in [1.165, 1.54) is 12.8 Å². The summed E-state index contributed by atoms with van der Waals surface area (Å²) in [6.45, 7) is 2.61. The summed E-state index contributed by atoms with van der Waals surface area (Å²) in [4.78, 5) is 16.4. The molecule has 0 spiro atoms. The number of nitrogens with zero attached hydrogens (tertiary/aromatic N) is 3. The van der Waals surface area contributed by atoms with Gasteiger partial charge in [-0.25, -0.2) is 4.98 Å². The highest BCUT2D eigenvalue weighted by atomic mass is 16.5. The molecular weight excluding hydrogens is 420 g/mol. The van der Waals surface area contributed by atoms with Crippen LogP contribution in [0.2, 0.25) is 0 Å². The second kappa shape index (κ2) is 9.26. The van der Waals surface area contributed by atoms with Crippen LogP contribution in [0.4, 0.5) is 0 Å². The first-order chi connectivity index (χ1) is 16.1. The minimum Gasteiger partial charge on any atom is -0.493 e. The maximum atomic E-state index is 11.6. The van der Waals surface area contributed by atoms with Gasteiger partial charge in [-0.3, -0.25) is 4.79 Å². The smallest absolute Gasteiger partial charge is 0.234 e. The summed E-state index contributed by atoms with van der Waals surface area (Å²) in [6.07, 6.45) is 6.26. The first kappa shape index (κ1) is 21.5. The predicted molar refractivity (Wildman–Crippen MR) is 119 cm³/mol. The Labute approximate surface area is 192 Å². The zero-order valence-corrected chi connectivity index (χ0v) is 18.8. The van der Waals surface area contributed by atoms with Crippen LogP contribution in [0.5, 0.6) is 5.75 Å². The molecule has 8 nitrogen and oxygen atoms in total. The Balaban J connectivity index is 1.18. The van der Waals surface area contributed by atoms with Gasteiger partial charge < -0.3 is 19.0 Å². The Morgan fingerprint density at radius 3 is 2.76 bits per heavy atom. The van der Waals surface area contributed by atoms with Crippen molar-refractivity contribution in [2.24, 2.45) is 5.92 Å². The van der Waals surface area contributed by atoms with Crippen molar-refractivity contribution in [1.82, 2.24) is 15.5 Å². The largest absolute Gasteiger partial charge is 0.493 e. The van der Waals surface area contributed by atoms with Crippen molar-refractivity contribution in [2.75, 3.05) is 6.61 Å². The molecule has 1 amide bonds. The third-order valence-corrected chi connectivity index (χ3v) is 6.64. The molecule has 1 atom stereocenters. The molecule has 3 aromatic rings. The molecule has 2 fully saturated rings. The number of ether oxygens (including phenoxy) is 1. The fourth-order valence-corrected chi connectivity index (χ4v) is 4.46. The fraction of sp³-hybridized carbons (Fsp3) is 0.520. The van der Waals surface area contributed by atoms with E-state index < -0.39 is 0 Å². The summed E-state index contributed by atoms with van der Waals surface area (Å²) in [5.74, 6) is 3.26. The van der Waals surface area contributed by atoms with Crippen molar-refractivity contribution in [3.05, 3.63) is 41.6 Å². The molecule has 2 heterocycles. The van der Waals surface area contributed by atoms with E-state index in [0.717, 1.165) is 60.7 Å². The average molecular weight is 449 g/mol. The third-order valence-electron chi connectivity index (χ3n) is 6.64. The molecule has 0 bridgehead atoms. The van der Waals surface area contributed by atoms with E-state index in [-0.39, 0.29) is 18.4 Å². The quantitative estimate of drug-likeness (QED) is 0.507. The van der Waals surface area contributed by atoms with Gasteiger partial charge in [0.1, 0.15) is 17.7 Å². The maximum Gasteiger partial charge on any atom is 0.234 e. The molecule has 1 aromatic carbocycles. The van der Waals surface area contributed by atoms with Crippen LogP contribution in [-0.2, 0) is 4.79 Å². The van der Waals surface area contributed by atoms with E-state index in [4.69, 9.17) is 23.9 Å². The predicted octanol–water partition coefficient (Wildman–Crippen LogP) is 5.14. The van der Waals surface area contributed by atoms with Gasteiger partial charge in [0, 0.05) is 24.0 Å². The van der Waals surface area contributed by atoms with Gasteiger partial charge in [-0.15, -0.1) is 0 Å². The van der Waals surface area contributed by atoms with Gasteiger partial charge in [0.15, 0.2) is 17.2 Å². The minimum atomic E-state index is -0.318. The van der Waals surface area contributed by atoms with Crippen LogP contribution >= 0.6 is 0 Å². The van der Waals surface area contributed by atoms with Crippen LogP contribution in [0.1, 0.15) is 87.1 Å². The number of fused-ring (bicyclic) bond motifs is 1. The van der Waals surface area contributed by atoms with Crippen molar-refractivity contribution in [3.8, 4) is 11.8 Å². The summed E-state index contributed by atoms with van der Waals surface area (Å²) < 4.78 is 17.5. The number of oxazole rings is 1. The van der Waals surface area contributed by atoms with Gasteiger partial charge in [-0.1, -0.05) is 5.16 Å². The standard InChI is InChI=1S/C25H28N4O4/c1-15(27-24(30)10-11-26)22-13-21(29-33-22)17-4-6-18(7-5-17)25-28-20-9-8-19(12-23(20)32-25)31-14-16-2-3-16/h8-9,12-13,15-18H,2-7,10,14H2,1H3,(H,27,30)/t15-,17?,18?/m0/s1. The molecule has 2 aliphatic rings. The monoisotopic (exact) mass is 448 g/mol. The van der Waals surface area contributed by atoms with Gasteiger partial charge in [0.25, 0.3) is 0 Å². The van der Waals surface area contributed by atoms with Crippen molar-refractivity contribution in [2.45, 2.75) is 69.7 Å². The van der Waals surface area contributed by atoms with Crippen molar-refractivity contribution >= 4 is 17.0 Å². The molecule has 8 heteroatoms. The van der Waals surface area contributed by atoms with Crippen LogP contribution < -0.4 is 10.1 Å². The average Bonchev–Trinajstić information content (AvgIpc) is 3.34. The molecule has 0 aliphatic heterocycles. The molecule has 5 rings (SSSR count). The summed E-state index contributed by atoms with van der Waals surface area (Å²) in [7, 11) is 0. The second-order valence-corrected chi connectivity index (χ2v) is 9.26. The van der Waals surface area contributed by atoms with E-state index in [1.807, 2.05) is 37.3 Å². The number of hydrogen-bond donors (Lipinski definition) is 1. The molecule has 2 aromatic heterocycles. The van der Waals surface area contributed by atoms with Crippen molar-refractivity contribution < 1.29 is 18.5 Å². The van der Waals surface area contributed by atoms with Gasteiger partial charge in [0.2, 0.25) is 5.91 Å². The highest BCUT2D eigenvalue weighted by Gasteiger charge is 2.29. The lowest BCUT2D eigenvalue weighted by molar-refractivity contribution is -0.120. The van der Waals surface area contributed by atoms with Crippen LogP contribution in [-0.4, -0.2) is 22.7 Å². The molecule has 2 saturated carbocycles. The first-order valence-electron chi connectivity index (χ1n) is 11.7. The highest BCUT2D eigenvalue weighted by molar-refractivity contribution is 5.78.